The largest absolute Gasteiger partial charge is 0.493 e. The van der Waals surface area contributed by atoms with E-state index in [1.807, 2.05) is 6.92 Å². The van der Waals surface area contributed by atoms with Gasteiger partial charge in [-0.2, -0.15) is 26.3 Å². The fraction of sp³-hybridized carbons (Fsp3) is 0.548. The highest BCUT2D eigenvalue weighted by atomic mass is 19.4. The third kappa shape index (κ3) is 6.85. The Bertz CT molecular complexity index is 1270. The van der Waals surface area contributed by atoms with Crippen LogP contribution in [0.2, 0.25) is 0 Å². The van der Waals surface area contributed by atoms with E-state index in [1.54, 1.807) is 55.5 Å². The summed E-state index contributed by atoms with van der Waals surface area (Å²) in [6.45, 7) is 4.15. The predicted octanol–water partition coefficient (Wildman–Crippen LogP) is 6.39. The normalized spacial score (nSPS) is 24.3. The minimum Gasteiger partial charge on any atom is -0.493 e. The van der Waals surface area contributed by atoms with Gasteiger partial charge in [0.05, 0.1) is 13.2 Å². The minimum absolute atomic E-state index is 0.262. The summed E-state index contributed by atoms with van der Waals surface area (Å²) < 4.78 is 89.5. The summed E-state index contributed by atoms with van der Waals surface area (Å²) in [6.07, 6.45) is -10.0. The van der Waals surface area contributed by atoms with E-state index in [0.717, 1.165) is 0 Å². The monoisotopic (exact) mass is 618 g/mol. The van der Waals surface area contributed by atoms with Gasteiger partial charge in [0.1, 0.15) is 11.5 Å². The molecule has 0 aromatic heterocycles. The molecule has 43 heavy (non-hydrogen) atoms. The SMILES string of the molecule is CCC1(CC(O)(C=O)C(F)(F)F)CCOc2ccccc21.CCCC1(CC(O)(C=O)C(F)(F)F)CCOc2ccccc21. The van der Waals surface area contributed by atoms with Crippen molar-refractivity contribution in [1.29, 1.82) is 0 Å². The van der Waals surface area contributed by atoms with Gasteiger partial charge in [0.15, 0.2) is 12.6 Å². The summed E-state index contributed by atoms with van der Waals surface area (Å²) in [6, 6.07) is 13.7. The Hall–Kier alpha value is -3.12. The van der Waals surface area contributed by atoms with E-state index in [-0.39, 0.29) is 19.5 Å². The Morgan fingerprint density at radius 2 is 1.12 bits per heavy atom. The highest BCUT2D eigenvalue weighted by molar-refractivity contribution is 5.65. The van der Waals surface area contributed by atoms with Gasteiger partial charge in [-0.1, -0.05) is 56.7 Å². The summed E-state index contributed by atoms with van der Waals surface area (Å²) in [5.74, 6) is 1.04. The molecule has 2 aromatic carbocycles. The maximum absolute atomic E-state index is 13.1. The van der Waals surface area contributed by atoms with Crippen molar-refractivity contribution in [3.8, 4) is 11.5 Å². The van der Waals surface area contributed by atoms with Gasteiger partial charge in [-0.15, -0.1) is 0 Å². The van der Waals surface area contributed by atoms with Gasteiger partial charge in [0, 0.05) is 34.8 Å². The van der Waals surface area contributed by atoms with Gasteiger partial charge in [0.2, 0.25) is 11.2 Å². The third-order valence-electron chi connectivity index (χ3n) is 8.59. The van der Waals surface area contributed by atoms with Crippen molar-refractivity contribution < 1.29 is 55.6 Å². The number of aldehydes is 2. The van der Waals surface area contributed by atoms with E-state index < -0.39 is 53.5 Å². The molecule has 0 bridgehead atoms. The van der Waals surface area contributed by atoms with Gasteiger partial charge >= 0.3 is 12.4 Å². The van der Waals surface area contributed by atoms with Crippen LogP contribution in [0, 0.1) is 0 Å². The van der Waals surface area contributed by atoms with E-state index >= 15 is 0 Å². The van der Waals surface area contributed by atoms with Crippen LogP contribution in [-0.2, 0) is 20.4 Å². The molecule has 0 aliphatic carbocycles. The molecule has 2 N–H and O–H groups in total. The van der Waals surface area contributed by atoms with E-state index in [2.05, 4.69) is 0 Å². The zero-order valence-electron chi connectivity index (χ0n) is 23.9. The molecule has 2 heterocycles. The summed E-state index contributed by atoms with van der Waals surface area (Å²) in [5.41, 5.74) is -7.29. The van der Waals surface area contributed by atoms with Crippen LogP contribution in [-0.4, -0.2) is 59.6 Å². The van der Waals surface area contributed by atoms with Crippen LogP contribution in [0.25, 0.3) is 0 Å². The molecule has 0 spiro atoms. The summed E-state index contributed by atoms with van der Waals surface area (Å²) >= 11 is 0. The van der Waals surface area contributed by atoms with Crippen molar-refractivity contribution in [1.82, 2.24) is 0 Å². The number of aliphatic hydroxyl groups is 2. The van der Waals surface area contributed by atoms with Crippen molar-refractivity contribution in [2.45, 2.75) is 93.2 Å². The van der Waals surface area contributed by atoms with Crippen molar-refractivity contribution in [3.63, 3.8) is 0 Å². The lowest BCUT2D eigenvalue weighted by molar-refractivity contribution is -0.252. The Balaban J connectivity index is 0.000000236. The number of hydrogen-bond acceptors (Lipinski definition) is 6. The molecule has 0 fully saturated rings. The standard InChI is InChI=1S/C16H19F3O3.C15H17F3O3/c1-2-7-14(10-15(21,11-20)16(17,18)19)8-9-22-13-6-4-3-5-12(13)14;1-2-13(9-14(20,10-19)15(16,17)18)7-8-21-12-6-4-3-5-11(12)13/h3-6,11,21H,2,7-10H2,1H3;3-6,10,20H,2,7-9H2,1H3. The van der Waals surface area contributed by atoms with Gasteiger partial charge < -0.3 is 19.7 Å². The lowest BCUT2D eigenvalue weighted by atomic mass is 9.66. The highest BCUT2D eigenvalue weighted by Gasteiger charge is 2.59. The number of alkyl halides is 6. The van der Waals surface area contributed by atoms with Crippen molar-refractivity contribution in [2.75, 3.05) is 13.2 Å². The number of para-hydroxylation sites is 2. The molecule has 4 rings (SSSR count). The number of ether oxygens (including phenoxy) is 2. The number of carbonyl (C=O) groups is 2. The molecule has 4 atom stereocenters. The minimum atomic E-state index is -5.00. The highest BCUT2D eigenvalue weighted by Crippen LogP contribution is 2.50. The second-order valence-corrected chi connectivity index (χ2v) is 11.3. The second-order valence-electron chi connectivity index (χ2n) is 11.3. The van der Waals surface area contributed by atoms with E-state index in [1.165, 1.54) is 0 Å². The number of halogens is 6. The maximum atomic E-state index is 13.1. The van der Waals surface area contributed by atoms with Gasteiger partial charge in [-0.3, -0.25) is 9.59 Å². The average Bonchev–Trinajstić information content (AvgIpc) is 2.97. The Morgan fingerprint density at radius 3 is 1.51 bits per heavy atom. The van der Waals surface area contributed by atoms with Crippen molar-refractivity contribution in [3.05, 3.63) is 59.7 Å². The molecule has 0 saturated carbocycles. The molecular formula is C31H36F6O6. The van der Waals surface area contributed by atoms with Gasteiger partial charge in [-0.25, -0.2) is 0 Å². The fourth-order valence-electron chi connectivity index (χ4n) is 6.18. The lowest BCUT2D eigenvalue weighted by Crippen LogP contribution is -2.52. The quantitative estimate of drug-likeness (QED) is 0.250. The topological polar surface area (TPSA) is 93.1 Å². The second kappa shape index (κ2) is 12.9. The van der Waals surface area contributed by atoms with Crippen LogP contribution in [0.5, 0.6) is 11.5 Å². The number of carbonyl (C=O) groups excluding carboxylic acids is 2. The predicted molar refractivity (Wildman–Crippen MR) is 145 cm³/mol. The smallest absolute Gasteiger partial charge is 0.424 e. The number of rotatable bonds is 9. The first-order valence-electron chi connectivity index (χ1n) is 14.0. The molecule has 238 valence electrons. The zero-order chi connectivity index (χ0) is 32.2. The molecule has 2 aliphatic rings. The van der Waals surface area contributed by atoms with Crippen LogP contribution < -0.4 is 9.47 Å². The molecule has 12 heteroatoms. The van der Waals surface area contributed by atoms with Crippen molar-refractivity contribution >= 4 is 12.6 Å². The van der Waals surface area contributed by atoms with Crippen LogP contribution in [0.1, 0.15) is 69.9 Å². The molecule has 0 radical (unpaired) electrons. The van der Waals surface area contributed by atoms with E-state index in [4.69, 9.17) is 9.47 Å². The van der Waals surface area contributed by atoms with Crippen LogP contribution in [0.15, 0.2) is 48.5 Å². The van der Waals surface area contributed by atoms with Gasteiger partial charge in [-0.05, 0) is 37.8 Å². The lowest BCUT2D eigenvalue weighted by Gasteiger charge is -2.43. The van der Waals surface area contributed by atoms with E-state index in [0.29, 0.717) is 54.7 Å². The first kappa shape index (κ1) is 34.4. The Labute approximate surface area is 246 Å². The number of fused-ring (bicyclic) bond motifs is 2. The average molecular weight is 619 g/mol. The fourth-order valence-corrected chi connectivity index (χ4v) is 6.18. The first-order chi connectivity index (χ1) is 20.1. The summed E-state index contributed by atoms with van der Waals surface area (Å²) in [7, 11) is 0. The van der Waals surface area contributed by atoms with E-state index in [9.17, 15) is 46.1 Å². The molecular weight excluding hydrogens is 582 g/mol. The van der Waals surface area contributed by atoms with Crippen LogP contribution >= 0.6 is 0 Å². The van der Waals surface area contributed by atoms with Crippen molar-refractivity contribution in [2.24, 2.45) is 0 Å². The van der Waals surface area contributed by atoms with Crippen LogP contribution in [0.3, 0.4) is 0 Å². The number of hydrogen-bond donors (Lipinski definition) is 2. The Kier molecular flexibility index (Phi) is 10.3. The summed E-state index contributed by atoms with van der Waals surface area (Å²) in [5, 5.41) is 19.7. The molecule has 2 aliphatic heterocycles. The molecule has 4 unspecified atom stereocenters. The van der Waals surface area contributed by atoms with Gasteiger partial charge in [0.25, 0.3) is 0 Å². The molecule has 2 aromatic rings. The Morgan fingerprint density at radius 1 is 0.721 bits per heavy atom. The molecule has 0 saturated heterocycles. The summed E-state index contributed by atoms with van der Waals surface area (Å²) in [4.78, 5) is 21.9. The van der Waals surface area contributed by atoms with Crippen LogP contribution in [0.4, 0.5) is 26.3 Å². The first-order valence-corrected chi connectivity index (χ1v) is 14.0. The maximum Gasteiger partial charge on any atom is 0.424 e. The zero-order valence-corrected chi connectivity index (χ0v) is 23.9. The third-order valence-corrected chi connectivity index (χ3v) is 8.59. The molecule has 6 nitrogen and oxygen atoms in total. The molecule has 0 amide bonds. The number of benzene rings is 2.